The molecule has 1 fully saturated rings. The molecule has 0 N–H and O–H groups in total. The summed E-state index contributed by atoms with van der Waals surface area (Å²) in [4.78, 5) is 2.62. The van der Waals surface area contributed by atoms with Crippen molar-refractivity contribution in [3.63, 3.8) is 0 Å². The summed E-state index contributed by atoms with van der Waals surface area (Å²) in [6.07, 6.45) is 5.58. The molecular formula is C18H25N5O2. The van der Waals surface area contributed by atoms with Crippen LogP contribution in [-0.2, 0) is 25.4 Å². The van der Waals surface area contributed by atoms with Crippen molar-refractivity contribution >= 4 is 0 Å². The molecule has 1 aliphatic heterocycles. The lowest BCUT2D eigenvalue weighted by atomic mass is 9.66. The summed E-state index contributed by atoms with van der Waals surface area (Å²) >= 11 is 0. The molecule has 1 spiro atoms. The second-order valence-electron chi connectivity index (χ2n) is 6.96. The van der Waals surface area contributed by atoms with Crippen molar-refractivity contribution in [2.45, 2.75) is 37.6 Å². The molecule has 7 nitrogen and oxygen atoms in total. The molecular weight excluding hydrogens is 318 g/mol. The van der Waals surface area contributed by atoms with Gasteiger partial charge in [-0.25, -0.2) is 4.68 Å². The molecule has 0 radical (unpaired) electrons. The van der Waals surface area contributed by atoms with Crippen LogP contribution in [0, 0.1) is 0 Å². The van der Waals surface area contributed by atoms with Gasteiger partial charge in [0.1, 0.15) is 0 Å². The van der Waals surface area contributed by atoms with E-state index in [9.17, 15) is 0 Å². The number of aromatic nitrogens is 4. The third-order valence-corrected chi connectivity index (χ3v) is 5.86. The number of aryl methyl sites for hydroxylation is 1. The Bertz CT molecular complexity index is 769. The fraction of sp³-hybridized carbons (Fsp3) is 0.611. The van der Waals surface area contributed by atoms with Crippen LogP contribution in [0.25, 0.3) is 0 Å². The quantitative estimate of drug-likeness (QED) is 0.823. The van der Waals surface area contributed by atoms with Crippen LogP contribution >= 0.6 is 0 Å². The maximum absolute atomic E-state index is 5.56. The van der Waals surface area contributed by atoms with E-state index in [-0.39, 0.29) is 5.54 Å². The first kappa shape index (κ1) is 16.3. The van der Waals surface area contributed by atoms with Crippen molar-refractivity contribution in [1.82, 2.24) is 25.1 Å². The van der Waals surface area contributed by atoms with E-state index in [1.807, 2.05) is 7.05 Å². The van der Waals surface area contributed by atoms with Gasteiger partial charge in [-0.3, -0.25) is 4.90 Å². The monoisotopic (exact) mass is 343 g/mol. The highest BCUT2D eigenvalue weighted by Crippen LogP contribution is 2.51. The van der Waals surface area contributed by atoms with Gasteiger partial charge in [-0.2, -0.15) is 0 Å². The van der Waals surface area contributed by atoms with E-state index in [1.165, 1.54) is 30.4 Å². The molecule has 2 heterocycles. The predicted molar refractivity (Wildman–Crippen MR) is 92.9 cm³/mol. The van der Waals surface area contributed by atoms with Gasteiger partial charge in [0.2, 0.25) is 0 Å². The average molecular weight is 343 g/mol. The summed E-state index contributed by atoms with van der Waals surface area (Å²) < 4.78 is 12.8. The van der Waals surface area contributed by atoms with E-state index < -0.39 is 0 Å². The van der Waals surface area contributed by atoms with Crippen molar-refractivity contribution in [2.75, 3.05) is 27.3 Å². The van der Waals surface area contributed by atoms with Crippen LogP contribution in [0.5, 0.6) is 11.5 Å². The molecule has 1 aromatic carbocycles. The zero-order chi connectivity index (χ0) is 17.4. The maximum Gasteiger partial charge on any atom is 0.161 e. The first-order valence-corrected chi connectivity index (χ1v) is 8.89. The SMILES string of the molecule is COc1cc2c(cc1OC)C1(CCC1)N(CCc1nnnn1C)CC2. The molecule has 4 rings (SSSR count). The molecule has 0 amide bonds. The molecule has 7 heteroatoms. The Balaban J connectivity index is 1.63. The minimum Gasteiger partial charge on any atom is -0.493 e. The lowest BCUT2D eigenvalue weighted by Gasteiger charge is -2.54. The van der Waals surface area contributed by atoms with Crippen molar-refractivity contribution < 1.29 is 9.47 Å². The number of tetrazole rings is 1. The molecule has 134 valence electrons. The molecule has 2 aromatic rings. The molecule has 1 aliphatic carbocycles. The summed E-state index contributed by atoms with van der Waals surface area (Å²) in [6, 6.07) is 4.36. The first-order chi connectivity index (χ1) is 12.2. The van der Waals surface area contributed by atoms with E-state index in [0.29, 0.717) is 0 Å². The van der Waals surface area contributed by atoms with Crippen LogP contribution in [-0.4, -0.2) is 52.4 Å². The topological polar surface area (TPSA) is 65.3 Å². The van der Waals surface area contributed by atoms with E-state index in [0.717, 1.165) is 43.3 Å². The first-order valence-electron chi connectivity index (χ1n) is 8.89. The average Bonchev–Trinajstić information content (AvgIpc) is 3.01. The number of fused-ring (bicyclic) bond motifs is 2. The van der Waals surface area contributed by atoms with Crippen LogP contribution in [0.3, 0.4) is 0 Å². The van der Waals surface area contributed by atoms with Crippen molar-refractivity contribution in [1.29, 1.82) is 0 Å². The molecule has 25 heavy (non-hydrogen) atoms. The number of ether oxygens (including phenoxy) is 2. The molecule has 0 bridgehead atoms. The number of nitrogens with zero attached hydrogens (tertiary/aromatic N) is 5. The van der Waals surface area contributed by atoms with Gasteiger partial charge in [-0.05, 0) is 59.4 Å². The third kappa shape index (κ3) is 2.57. The van der Waals surface area contributed by atoms with Crippen LogP contribution in [0.2, 0.25) is 0 Å². The van der Waals surface area contributed by atoms with E-state index >= 15 is 0 Å². The number of hydrogen-bond acceptors (Lipinski definition) is 6. The van der Waals surface area contributed by atoms with Gasteiger partial charge in [0.15, 0.2) is 17.3 Å². The van der Waals surface area contributed by atoms with Gasteiger partial charge >= 0.3 is 0 Å². The van der Waals surface area contributed by atoms with Gasteiger partial charge in [0.25, 0.3) is 0 Å². The van der Waals surface area contributed by atoms with Gasteiger partial charge < -0.3 is 9.47 Å². The van der Waals surface area contributed by atoms with Gasteiger partial charge in [0, 0.05) is 32.1 Å². The Morgan fingerprint density at radius 2 is 1.92 bits per heavy atom. The minimum absolute atomic E-state index is 0.138. The summed E-state index contributed by atoms with van der Waals surface area (Å²) in [6.45, 7) is 2.04. The van der Waals surface area contributed by atoms with Crippen molar-refractivity contribution in [3.05, 3.63) is 29.1 Å². The third-order valence-electron chi connectivity index (χ3n) is 5.86. The fourth-order valence-corrected chi connectivity index (χ4v) is 4.32. The van der Waals surface area contributed by atoms with E-state index in [2.05, 4.69) is 32.6 Å². The second-order valence-corrected chi connectivity index (χ2v) is 6.96. The Morgan fingerprint density at radius 1 is 1.16 bits per heavy atom. The molecule has 0 unspecified atom stereocenters. The number of rotatable bonds is 5. The van der Waals surface area contributed by atoms with Crippen LogP contribution in [0.15, 0.2) is 12.1 Å². The van der Waals surface area contributed by atoms with Crippen LogP contribution < -0.4 is 9.47 Å². The predicted octanol–water partition coefficient (Wildman–Crippen LogP) is 1.71. The summed E-state index contributed by atoms with van der Waals surface area (Å²) in [5.74, 6) is 2.59. The van der Waals surface area contributed by atoms with Crippen molar-refractivity contribution in [3.8, 4) is 11.5 Å². The standard InChI is InChI=1S/C18H25N5O2/c1-22-17(19-20-21-22)6-10-23-9-5-13-11-15(24-2)16(25-3)12-14(13)18(23)7-4-8-18/h11-12H,4-10H2,1-3H3. The van der Waals surface area contributed by atoms with Crippen LogP contribution in [0.4, 0.5) is 0 Å². The highest BCUT2D eigenvalue weighted by molar-refractivity contribution is 5.51. The van der Waals surface area contributed by atoms with Crippen LogP contribution in [0.1, 0.15) is 36.2 Å². The molecule has 1 saturated carbocycles. The lowest BCUT2D eigenvalue weighted by Crippen LogP contribution is -2.55. The van der Waals surface area contributed by atoms with E-state index in [1.54, 1.807) is 18.9 Å². The smallest absolute Gasteiger partial charge is 0.161 e. The van der Waals surface area contributed by atoms with Crippen molar-refractivity contribution in [2.24, 2.45) is 7.05 Å². The Morgan fingerprint density at radius 3 is 2.52 bits per heavy atom. The second kappa shape index (κ2) is 6.29. The van der Waals surface area contributed by atoms with Gasteiger partial charge in [-0.15, -0.1) is 5.10 Å². The molecule has 1 aromatic heterocycles. The summed E-state index contributed by atoms with van der Waals surface area (Å²) in [7, 11) is 5.31. The minimum atomic E-state index is 0.138. The maximum atomic E-state index is 5.56. The number of benzene rings is 1. The molecule has 2 aliphatic rings. The Hall–Kier alpha value is -2.15. The summed E-state index contributed by atoms with van der Waals surface area (Å²) in [5, 5.41) is 11.8. The normalized spacial score (nSPS) is 18.7. The highest BCUT2D eigenvalue weighted by atomic mass is 16.5. The largest absolute Gasteiger partial charge is 0.493 e. The lowest BCUT2D eigenvalue weighted by molar-refractivity contribution is 0.00235. The molecule has 0 saturated heterocycles. The summed E-state index contributed by atoms with van der Waals surface area (Å²) in [5.41, 5.74) is 2.95. The Kier molecular flexibility index (Phi) is 4.11. The van der Waals surface area contributed by atoms with Gasteiger partial charge in [0.05, 0.1) is 14.2 Å². The highest BCUT2D eigenvalue weighted by Gasteiger charge is 2.47. The number of methoxy groups -OCH3 is 2. The Labute approximate surface area is 147 Å². The zero-order valence-electron chi connectivity index (χ0n) is 15.2. The fourth-order valence-electron chi connectivity index (χ4n) is 4.32. The van der Waals surface area contributed by atoms with E-state index in [4.69, 9.17) is 9.47 Å². The molecule has 0 atom stereocenters. The van der Waals surface area contributed by atoms with Gasteiger partial charge in [-0.1, -0.05) is 0 Å². The zero-order valence-corrected chi connectivity index (χ0v) is 15.2. The number of hydrogen-bond donors (Lipinski definition) is 0.